The third kappa shape index (κ3) is 3.78. The number of para-hydroxylation sites is 1. The molecule has 0 bridgehead atoms. The number of halogens is 2. The van der Waals surface area contributed by atoms with Gasteiger partial charge in [0.2, 0.25) is 5.95 Å². The zero-order valence-electron chi connectivity index (χ0n) is 14.8. The van der Waals surface area contributed by atoms with Crippen LogP contribution in [-0.2, 0) is 0 Å². The normalized spacial score (nSPS) is 10.8. The van der Waals surface area contributed by atoms with Gasteiger partial charge in [0.15, 0.2) is 0 Å². The van der Waals surface area contributed by atoms with Gasteiger partial charge in [0, 0.05) is 23.1 Å². The van der Waals surface area contributed by atoms with E-state index in [0.29, 0.717) is 44.0 Å². The fourth-order valence-electron chi connectivity index (χ4n) is 2.77. The molecular weight excluding hydrogens is 397 g/mol. The van der Waals surface area contributed by atoms with Gasteiger partial charge in [-0.05, 0) is 49.4 Å². The fourth-order valence-corrected chi connectivity index (χ4v) is 3.26. The van der Waals surface area contributed by atoms with E-state index in [0.717, 1.165) is 5.69 Å². The summed E-state index contributed by atoms with van der Waals surface area (Å²) in [6.45, 7) is 1.87. The number of nitrogens with one attached hydrogen (secondary N) is 3. The summed E-state index contributed by atoms with van der Waals surface area (Å²) in [6, 6.07) is 14.0. The SMILES string of the molecule is Cc1cc(NC(=O)c2ccc3nc(Nc4c(Cl)cccc4Cl)[nH]c3c2)ccn1. The summed E-state index contributed by atoms with van der Waals surface area (Å²) >= 11 is 12.4. The van der Waals surface area contributed by atoms with Crippen molar-refractivity contribution >= 4 is 57.5 Å². The van der Waals surface area contributed by atoms with Crippen molar-refractivity contribution in [3.8, 4) is 0 Å². The van der Waals surface area contributed by atoms with Gasteiger partial charge in [-0.2, -0.15) is 0 Å². The third-order valence-electron chi connectivity index (χ3n) is 4.10. The summed E-state index contributed by atoms with van der Waals surface area (Å²) in [4.78, 5) is 24.3. The molecule has 0 saturated heterocycles. The van der Waals surface area contributed by atoms with Gasteiger partial charge >= 0.3 is 0 Å². The lowest BCUT2D eigenvalue weighted by molar-refractivity contribution is 0.102. The average Bonchev–Trinajstić information content (AvgIpc) is 3.06. The van der Waals surface area contributed by atoms with Gasteiger partial charge in [-0.3, -0.25) is 9.78 Å². The van der Waals surface area contributed by atoms with E-state index < -0.39 is 0 Å². The van der Waals surface area contributed by atoms with Gasteiger partial charge in [0.1, 0.15) is 0 Å². The molecule has 0 aliphatic heterocycles. The first-order chi connectivity index (χ1) is 13.5. The number of carbonyl (C=O) groups excluding carboxylic acids is 1. The number of hydrogen-bond donors (Lipinski definition) is 3. The van der Waals surface area contributed by atoms with E-state index in [9.17, 15) is 4.79 Å². The number of imidazole rings is 1. The minimum absolute atomic E-state index is 0.217. The van der Waals surface area contributed by atoms with E-state index in [4.69, 9.17) is 23.2 Å². The monoisotopic (exact) mass is 411 g/mol. The molecular formula is C20H15Cl2N5O. The van der Waals surface area contributed by atoms with Crippen LogP contribution in [0.1, 0.15) is 16.1 Å². The molecule has 3 N–H and O–H groups in total. The van der Waals surface area contributed by atoms with Crippen molar-refractivity contribution in [1.82, 2.24) is 15.0 Å². The van der Waals surface area contributed by atoms with Crippen molar-refractivity contribution in [2.75, 3.05) is 10.6 Å². The molecule has 0 aliphatic rings. The highest BCUT2D eigenvalue weighted by Gasteiger charge is 2.12. The Morgan fingerprint density at radius 1 is 1.07 bits per heavy atom. The Hall–Kier alpha value is -3.09. The quantitative estimate of drug-likeness (QED) is 0.409. The van der Waals surface area contributed by atoms with Crippen LogP contribution in [0.2, 0.25) is 10.0 Å². The minimum atomic E-state index is -0.217. The number of carbonyl (C=O) groups is 1. The van der Waals surface area contributed by atoms with Crippen molar-refractivity contribution in [2.45, 2.75) is 6.92 Å². The number of nitrogens with zero attached hydrogens (tertiary/aromatic N) is 2. The summed E-state index contributed by atoms with van der Waals surface area (Å²) in [7, 11) is 0. The van der Waals surface area contributed by atoms with Crippen molar-refractivity contribution in [3.05, 3.63) is 76.0 Å². The molecule has 1 amide bonds. The van der Waals surface area contributed by atoms with Crippen LogP contribution in [0.3, 0.4) is 0 Å². The Labute approximate surface area is 170 Å². The molecule has 0 radical (unpaired) electrons. The Kier molecular flexibility index (Phi) is 4.90. The lowest BCUT2D eigenvalue weighted by Crippen LogP contribution is -2.11. The molecule has 0 aliphatic carbocycles. The fraction of sp³-hybridized carbons (Fsp3) is 0.0500. The van der Waals surface area contributed by atoms with Crippen LogP contribution in [0, 0.1) is 6.92 Å². The Morgan fingerprint density at radius 2 is 1.86 bits per heavy atom. The second kappa shape index (κ2) is 7.50. The first-order valence-corrected chi connectivity index (χ1v) is 9.20. The van der Waals surface area contributed by atoms with E-state index in [-0.39, 0.29) is 5.91 Å². The number of aromatic nitrogens is 3. The maximum absolute atomic E-state index is 12.5. The van der Waals surface area contributed by atoms with Crippen molar-refractivity contribution in [3.63, 3.8) is 0 Å². The number of fused-ring (bicyclic) bond motifs is 1. The molecule has 0 saturated carbocycles. The number of aromatic amines is 1. The summed E-state index contributed by atoms with van der Waals surface area (Å²) in [5.41, 5.74) is 4.02. The van der Waals surface area contributed by atoms with E-state index >= 15 is 0 Å². The number of aryl methyl sites for hydroxylation is 1. The molecule has 2 heterocycles. The Morgan fingerprint density at radius 3 is 2.61 bits per heavy atom. The third-order valence-corrected chi connectivity index (χ3v) is 4.73. The van der Waals surface area contributed by atoms with E-state index in [1.54, 1.807) is 48.7 Å². The molecule has 2 aromatic heterocycles. The van der Waals surface area contributed by atoms with E-state index in [1.165, 1.54) is 0 Å². The van der Waals surface area contributed by atoms with Crippen LogP contribution < -0.4 is 10.6 Å². The topological polar surface area (TPSA) is 82.7 Å². The molecule has 0 atom stereocenters. The number of rotatable bonds is 4. The molecule has 4 aromatic rings. The zero-order valence-corrected chi connectivity index (χ0v) is 16.3. The summed E-state index contributed by atoms with van der Waals surface area (Å²) < 4.78 is 0. The van der Waals surface area contributed by atoms with Gasteiger partial charge in [-0.1, -0.05) is 29.3 Å². The molecule has 8 heteroatoms. The highest BCUT2D eigenvalue weighted by molar-refractivity contribution is 6.39. The number of hydrogen-bond acceptors (Lipinski definition) is 4. The number of anilines is 3. The lowest BCUT2D eigenvalue weighted by atomic mass is 10.2. The second-order valence-electron chi connectivity index (χ2n) is 6.18. The highest BCUT2D eigenvalue weighted by atomic mass is 35.5. The average molecular weight is 412 g/mol. The molecule has 6 nitrogen and oxygen atoms in total. The summed E-state index contributed by atoms with van der Waals surface area (Å²) in [5, 5.41) is 6.92. The van der Waals surface area contributed by atoms with Crippen LogP contribution in [0.5, 0.6) is 0 Å². The van der Waals surface area contributed by atoms with Crippen molar-refractivity contribution < 1.29 is 4.79 Å². The van der Waals surface area contributed by atoms with Crippen LogP contribution in [0.4, 0.5) is 17.3 Å². The number of pyridine rings is 1. The summed E-state index contributed by atoms with van der Waals surface area (Å²) in [5.74, 6) is 0.262. The van der Waals surface area contributed by atoms with Crippen molar-refractivity contribution in [1.29, 1.82) is 0 Å². The molecule has 4 rings (SSSR count). The molecule has 140 valence electrons. The van der Waals surface area contributed by atoms with E-state index in [2.05, 4.69) is 25.6 Å². The molecule has 2 aromatic carbocycles. The first kappa shape index (κ1) is 18.3. The van der Waals surface area contributed by atoms with Crippen LogP contribution >= 0.6 is 23.2 Å². The van der Waals surface area contributed by atoms with Crippen LogP contribution in [-0.4, -0.2) is 20.9 Å². The lowest BCUT2D eigenvalue weighted by Gasteiger charge is -2.07. The maximum atomic E-state index is 12.5. The second-order valence-corrected chi connectivity index (χ2v) is 6.99. The minimum Gasteiger partial charge on any atom is -0.324 e. The van der Waals surface area contributed by atoms with Crippen molar-refractivity contribution in [2.24, 2.45) is 0 Å². The van der Waals surface area contributed by atoms with Crippen LogP contribution in [0.15, 0.2) is 54.7 Å². The maximum Gasteiger partial charge on any atom is 0.255 e. The van der Waals surface area contributed by atoms with Gasteiger partial charge in [0.05, 0.1) is 26.8 Å². The van der Waals surface area contributed by atoms with Gasteiger partial charge in [0.25, 0.3) is 5.91 Å². The molecule has 28 heavy (non-hydrogen) atoms. The predicted molar refractivity (Wildman–Crippen MR) is 113 cm³/mol. The smallest absolute Gasteiger partial charge is 0.255 e. The van der Waals surface area contributed by atoms with Gasteiger partial charge in [-0.25, -0.2) is 4.98 Å². The Balaban J connectivity index is 1.58. The number of amides is 1. The molecule has 0 spiro atoms. The standard InChI is InChI=1S/C20H15Cl2N5O/c1-11-9-13(7-8-23-11)24-19(28)12-5-6-16-17(10-12)26-20(25-16)27-18-14(21)3-2-4-15(18)22/h2-10H,1H3,(H,23,24,28)(H2,25,26,27). The predicted octanol–water partition coefficient (Wildman–Crippen LogP) is 5.57. The molecule has 0 fully saturated rings. The Bertz CT molecular complexity index is 1170. The largest absolute Gasteiger partial charge is 0.324 e. The van der Waals surface area contributed by atoms with Crippen LogP contribution in [0.25, 0.3) is 11.0 Å². The van der Waals surface area contributed by atoms with Gasteiger partial charge < -0.3 is 15.6 Å². The number of benzene rings is 2. The highest BCUT2D eigenvalue weighted by Crippen LogP contribution is 2.32. The van der Waals surface area contributed by atoms with E-state index in [1.807, 2.05) is 13.0 Å². The zero-order chi connectivity index (χ0) is 19.7. The van der Waals surface area contributed by atoms with Gasteiger partial charge in [-0.15, -0.1) is 0 Å². The number of H-pyrrole nitrogens is 1. The first-order valence-electron chi connectivity index (χ1n) is 8.44. The summed E-state index contributed by atoms with van der Waals surface area (Å²) in [6.07, 6.45) is 1.65. The molecule has 0 unspecified atom stereocenters.